The van der Waals surface area contributed by atoms with Crippen LogP contribution in [0.15, 0.2) is 41.2 Å². The molecule has 0 aromatic carbocycles. The molecule has 2 nitrogen and oxygen atoms in total. The van der Waals surface area contributed by atoms with E-state index in [-0.39, 0.29) is 5.56 Å². The Hall–Kier alpha value is -1.57. The molecule has 12 heavy (non-hydrogen) atoms. The van der Waals surface area contributed by atoms with Crippen molar-refractivity contribution in [3.8, 4) is 0 Å². The maximum Gasteiger partial charge on any atom is 0.248 e. The molecule has 0 saturated heterocycles. The molecule has 1 rings (SSSR count). The van der Waals surface area contributed by atoms with Crippen LogP contribution in [0, 0.1) is 0 Å². The standard InChI is InChI=1S/C10H11NO/c1-2-3-4-6-9-7-5-8-10(12)11-9/h2-8H,1H3,(H,11,12)/b3-2-,6-4-. The summed E-state index contributed by atoms with van der Waals surface area (Å²) in [6.45, 7) is 1.94. The summed E-state index contributed by atoms with van der Waals surface area (Å²) in [4.78, 5) is 13.5. The molecule has 0 bridgehead atoms. The quantitative estimate of drug-likeness (QED) is 0.661. The second kappa shape index (κ2) is 4.34. The summed E-state index contributed by atoms with van der Waals surface area (Å²) in [5, 5.41) is 0. The molecule has 0 fully saturated rings. The lowest BCUT2D eigenvalue weighted by molar-refractivity contribution is 1.21. The van der Waals surface area contributed by atoms with Gasteiger partial charge in [0.2, 0.25) is 5.56 Å². The molecule has 0 aliphatic heterocycles. The van der Waals surface area contributed by atoms with Crippen molar-refractivity contribution in [3.63, 3.8) is 0 Å². The van der Waals surface area contributed by atoms with Crippen LogP contribution < -0.4 is 5.56 Å². The highest BCUT2D eigenvalue weighted by atomic mass is 16.1. The van der Waals surface area contributed by atoms with Gasteiger partial charge in [-0.3, -0.25) is 4.79 Å². The zero-order valence-corrected chi connectivity index (χ0v) is 6.95. The number of aromatic nitrogens is 1. The molecule has 0 spiro atoms. The summed E-state index contributed by atoms with van der Waals surface area (Å²) < 4.78 is 0. The number of allylic oxidation sites excluding steroid dienone is 3. The van der Waals surface area contributed by atoms with E-state index in [1.165, 1.54) is 6.07 Å². The van der Waals surface area contributed by atoms with E-state index in [0.717, 1.165) is 5.69 Å². The van der Waals surface area contributed by atoms with Gasteiger partial charge in [0.15, 0.2) is 0 Å². The predicted octanol–water partition coefficient (Wildman–Crippen LogP) is 1.96. The molecule has 1 N–H and O–H groups in total. The Balaban J connectivity index is 2.83. The first-order valence-corrected chi connectivity index (χ1v) is 3.81. The van der Waals surface area contributed by atoms with Gasteiger partial charge in [-0.25, -0.2) is 0 Å². The highest BCUT2D eigenvalue weighted by Gasteiger charge is 1.83. The number of hydrogen-bond acceptors (Lipinski definition) is 1. The third-order valence-electron chi connectivity index (χ3n) is 1.37. The molecule has 0 radical (unpaired) electrons. The molecule has 0 atom stereocenters. The Kier molecular flexibility index (Phi) is 3.08. The van der Waals surface area contributed by atoms with Crippen LogP contribution in [0.5, 0.6) is 0 Å². The van der Waals surface area contributed by atoms with Crippen LogP contribution in [-0.4, -0.2) is 4.98 Å². The summed E-state index contributed by atoms with van der Waals surface area (Å²) in [5.41, 5.74) is 0.748. The first-order valence-electron chi connectivity index (χ1n) is 3.81. The number of aromatic amines is 1. The largest absolute Gasteiger partial charge is 0.323 e. The molecule has 2 heteroatoms. The van der Waals surface area contributed by atoms with Gasteiger partial charge >= 0.3 is 0 Å². The zero-order chi connectivity index (χ0) is 8.81. The maximum absolute atomic E-state index is 10.8. The van der Waals surface area contributed by atoms with Crippen LogP contribution in [0.25, 0.3) is 6.08 Å². The second-order valence-corrected chi connectivity index (χ2v) is 2.36. The molecule has 0 unspecified atom stereocenters. The van der Waals surface area contributed by atoms with Crippen molar-refractivity contribution in [2.24, 2.45) is 0 Å². The van der Waals surface area contributed by atoms with Crippen LogP contribution in [0.1, 0.15) is 12.6 Å². The van der Waals surface area contributed by atoms with Crippen molar-refractivity contribution in [2.75, 3.05) is 0 Å². The van der Waals surface area contributed by atoms with Crippen LogP contribution >= 0.6 is 0 Å². The van der Waals surface area contributed by atoms with Gasteiger partial charge in [0.05, 0.1) is 0 Å². The Morgan fingerprint density at radius 3 is 2.83 bits per heavy atom. The molecule has 62 valence electrons. The average Bonchev–Trinajstić information content (AvgIpc) is 2.05. The molecule has 0 amide bonds. The smallest absolute Gasteiger partial charge is 0.248 e. The normalized spacial score (nSPS) is 11.4. The molecular formula is C10H11NO. The summed E-state index contributed by atoms with van der Waals surface area (Å²) in [7, 11) is 0. The lowest BCUT2D eigenvalue weighted by Crippen LogP contribution is -2.03. The van der Waals surface area contributed by atoms with E-state index in [1.807, 2.05) is 37.3 Å². The minimum Gasteiger partial charge on any atom is -0.323 e. The van der Waals surface area contributed by atoms with Gasteiger partial charge in [0.25, 0.3) is 0 Å². The summed E-state index contributed by atoms with van der Waals surface area (Å²) >= 11 is 0. The highest BCUT2D eigenvalue weighted by Crippen LogP contribution is 1.93. The highest BCUT2D eigenvalue weighted by molar-refractivity contribution is 5.46. The van der Waals surface area contributed by atoms with Crippen LogP contribution in [0.4, 0.5) is 0 Å². The fraction of sp³-hybridized carbons (Fsp3) is 0.100. The molecule has 0 aliphatic carbocycles. The fourth-order valence-electron chi connectivity index (χ4n) is 0.832. The zero-order valence-electron chi connectivity index (χ0n) is 6.95. The summed E-state index contributed by atoms with van der Waals surface area (Å²) in [5.74, 6) is 0. The molecular weight excluding hydrogens is 150 g/mol. The number of hydrogen-bond donors (Lipinski definition) is 1. The van der Waals surface area contributed by atoms with Crippen molar-refractivity contribution in [1.82, 2.24) is 4.98 Å². The first-order chi connectivity index (χ1) is 5.83. The Morgan fingerprint density at radius 2 is 2.17 bits per heavy atom. The number of pyridine rings is 1. The first kappa shape index (κ1) is 8.53. The van der Waals surface area contributed by atoms with Gasteiger partial charge in [-0.15, -0.1) is 0 Å². The van der Waals surface area contributed by atoms with Crippen molar-refractivity contribution in [2.45, 2.75) is 6.92 Å². The van der Waals surface area contributed by atoms with Crippen molar-refractivity contribution in [3.05, 3.63) is 52.5 Å². The molecule has 0 saturated carbocycles. The SMILES string of the molecule is C/C=C\C=C/c1cccc(=O)[nH]1. The van der Waals surface area contributed by atoms with Crippen molar-refractivity contribution < 1.29 is 0 Å². The van der Waals surface area contributed by atoms with E-state index < -0.39 is 0 Å². The van der Waals surface area contributed by atoms with Crippen molar-refractivity contribution >= 4 is 6.08 Å². The third-order valence-corrected chi connectivity index (χ3v) is 1.37. The fourth-order valence-corrected chi connectivity index (χ4v) is 0.832. The molecule has 1 aromatic heterocycles. The van der Waals surface area contributed by atoms with Crippen LogP contribution in [0.2, 0.25) is 0 Å². The summed E-state index contributed by atoms with van der Waals surface area (Å²) in [6, 6.07) is 5.07. The van der Waals surface area contributed by atoms with Crippen molar-refractivity contribution in [1.29, 1.82) is 0 Å². The average molecular weight is 161 g/mol. The van der Waals surface area contributed by atoms with E-state index >= 15 is 0 Å². The van der Waals surface area contributed by atoms with Gasteiger partial charge in [-0.1, -0.05) is 24.3 Å². The lowest BCUT2D eigenvalue weighted by atomic mass is 10.3. The van der Waals surface area contributed by atoms with Crippen LogP contribution in [-0.2, 0) is 0 Å². The van der Waals surface area contributed by atoms with E-state index in [1.54, 1.807) is 6.07 Å². The third kappa shape index (κ3) is 2.58. The second-order valence-electron chi connectivity index (χ2n) is 2.36. The van der Waals surface area contributed by atoms with Gasteiger partial charge in [0, 0.05) is 11.8 Å². The van der Waals surface area contributed by atoms with Gasteiger partial charge < -0.3 is 4.98 Å². The number of nitrogens with one attached hydrogen (secondary N) is 1. The summed E-state index contributed by atoms with van der Waals surface area (Å²) in [6.07, 6.45) is 7.57. The number of H-pyrrole nitrogens is 1. The van der Waals surface area contributed by atoms with E-state index in [4.69, 9.17) is 0 Å². The topological polar surface area (TPSA) is 32.9 Å². The lowest BCUT2D eigenvalue weighted by Gasteiger charge is -1.89. The minimum atomic E-state index is -0.0716. The van der Waals surface area contributed by atoms with Gasteiger partial charge in [-0.05, 0) is 19.1 Å². The molecule has 1 heterocycles. The maximum atomic E-state index is 10.8. The predicted molar refractivity (Wildman–Crippen MR) is 50.9 cm³/mol. The van der Waals surface area contributed by atoms with Gasteiger partial charge in [-0.2, -0.15) is 0 Å². The Labute approximate surface area is 71.3 Å². The monoisotopic (exact) mass is 161 g/mol. The molecule has 0 aliphatic rings. The van der Waals surface area contributed by atoms with E-state index in [0.29, 0.717) is 0 Å². The Bertz CT molecular complexity index is 347. The minimum absolute atomic E-state index is 0.0716. The van der Waals surface area contributed by atoms with E-state index in [9.17, 15) is 4.79 Å². The van der Waals surface area contributed by atoms with Gasteiger partial charge in [0.1, 0.15) is 0 Å². The molecule has 1 aromatic rings. The number of rotatable bonds is 2. The Morgan fingerprint density at radius 1 is 1.33 bits per heavy atom. The van der Waals surface area contributed by atoms with Crippen LogP contribution in [0.3, 0.4) is 0 Å². The van der Waals surface area contributed by atoms with E-state index in [2.05, 4.69) is 4.98 Å².